The molecule has 4 heterocycles. The first-order valence-electron chi connectivity index (χ1n) is 11.4. The van der Waals surface area contributed by atoms with Crippen molar-refractivity contribution < 1.29 is 8.42 Å². The van der Waals surface area contributed by atoms with Gasteiger partial charge in [0.15, 0.2) is 5.11 Å². The lowest BCUT2D eigenvalue weighted by atomic mass is 10.0. The molecule has 5 rings (SSSR count). The van der Waals surface area contributed by atoms with Gasteiger partial charge < -0.3 is 14.8 Å². The molecule has 1 fully saturated rings. The molecule has 8 nitrogen and oxygen atoms in total. The number of pyridine rings is 2. The van der Waals surface area contributed by atoms with E-state index >= 15 is 0 Å². The predicted molar refractivity (Wildman–Crippen MR) is 146 cm³/mol. The zero-order valence-corrected chi connectivity index (χ0v) is 21.7. The van der Waals surface area contributed by atoms with E-state index in [-0.39, 0.29) is 12.1 Å². The maximum Gasteiger partial charge on any atom is 0.229 e. The molecule has 0 saturated carbocycles. The molecule has 3 aromatic heterocycles. The zero-order chi connectivity index (χ0) is 25.4. The molecule has 0 amide bonds. The summed E-state index contributed by atoms with van der Waals surface area (Å²) in [4.78, 5) is 11.0. The number of hydrogen-bond acceptors (Lipinski definition) is 5. The minimum Gasteiger partial charge on any atom is -0.351 e. The average Bonchev–Trinajstić information content (AvgIpc) is 3.40. The van der Waals surface area contributed by atoms with Gasteiger partial charge in [-0.3, -0.25) is 14.7 Å². The molecule has 1 saturated heterocycles. The SMILES string of the molecule is Cc1cc(N2C(=S)NC(c3ccccn3)C2c2ccc(C)n2-c2cccnc2)ccc1NS(C)(=O)=O. The minimum atomic E-state index is -3.39. The summed E-state index contributed by atoms with van der Waals surface area (Å²) >= 11 is 5.86. The van der Waals surface area contributed by atoms with Crippen LogP contribution >= 0.6 is 12.2 Å². The first-order valence-corrected chi connectivity index (χ1v) is 13.7. The van der Waals surface area contributed by atoms with Crippen molar-refractivity contribution in [3.63, 3.8) is 0 Å². The summed E-state index contributed by atoms with van der Waals surface area (Å²) in [5, 5.41) is 4.05. The Morgan fingerprint density at radius 3 is 2.50 bits per heavy atom. The number of nitrogens with zero attached hydrogens (tertiary/aromatic N) is 4. The number of nitrogens with one attached hydrogen (secondary N) is 2. The fourth-order valence-corrected chi connectivity index (χ4v) is 5.65. The Hall–Kier alpha value is -3.76. The smallest absolute Gasteiger partial charge is 0.229 e. The van der Waals surface area contributed by atoms with Crippen molar-refractivity contribution in [3.05, 3.63) is 102 Å². The van der Waals surface area contributed by atoms with Crippen LogP contribution in [0.1, 0.15) is 34.7 Å². The second-order valence-corrected chi connectivity index (χ2v) is 11.0. The molecule has 1 aliphatic rings. The summed E-state index contributed by atoms with van der Waals surface area (Å²) in [5.74, 6) is 0. The summed E-state index contributed by atoms with van der Waals surface area (Å²) in [5.41, 5.74) is 6.10. The molecule has 4 aromatic rings. The van der Waals surface area contributed by atoms with E-state index in [0.717, 1.165) is 40.3 Å². The number of thiocarbonyl (C=S) groups is 1. The van der Waals surface area contributed by atoms with Crippen molar-refractivity contribution in [1.82, 2.24) is 19.9 Å². The molecule has 0 bridgehead atoms. The first kappa shape index (κ1) is 24.0. The number of aryl methyl sites for hydroxylation is 2. The highest BCUT2D eigenvalue weighted by molar-refractivity contribution is 7.92. The summed E-state index contributed by atoms with van der Waals surface area (Å²) in [6, 6.07) is 19.1. The van der Waals surface area contributed by atoms with Gasteiger partial charge in [-0.25, -0.2) is 8.42 Å². The highest BCUT2D eigenvalue weighted by Gasteiger charge is 2.42. The zero-order valence-electron chi connectivity index (χ0n) is 20.1. The van der Waals surface area contributed by atoms with Gasteiger partial charge >= 0.3 is 0 Å². The molecule has 184 valence electrons. The molecule has 2 atom stereocenters. The second-order valence-electron chi connectivity index (χ2n) is 8.82. The minimum absolute atomic E-state index is 0.211. The molecule has 1 aromatic carbocycles. The van der Waals surface area contributed by atoms with Crippen LogP contribution in [0.5, 0.6) is 0 Å². The highest BCUT2D eigenvalue weighted by atomic mass is 32.2. The highest BCUT2D eigenvalue weighted by Crippen LogP contribution is 2.43. The molecule has 0 aliphatic carbocycles. The number of hydrogen-bond donors (Lipinski definition) is 2. The Morgan fingerprint density at radius 2 is 1.83 bits per heavy atom. The number of aromatic nitrogens is 3. The van der Waals surface area contributed by atoms with Gasteiger partial charge in [0.2, 0.25) is 10.0 Å². The van der Waals surface area contributed by atoms with E-state index in [0.29, 0.717) is 10.8 Å². The predicted octanol–water partition coefficient (Wildman–Crippen LogP) is 4.43. The maximum absolute atomic E-state index is 11.8. The average molecular weight is 519 g/mol. The van der Waals surface area contributed by atoms with Crippen molar-refractivity contribution >= 4 is 38.7 Å². The van der Waals surface area contributed by atoms with Crippen LogP contribution < -0.4 is 14.9 Å². The van der Waals surface area contributed by atoms with Gasteiger partial charge in [0, 0.05) is 29.5 Å². The largest absolute Gasteiger partial charge is 0.351 e. The summed E-state index contributed by atoms with van der Waals surface area (Å²) in [6.07, 6.45) is 6.52. The molecule has 0 spiro atoms. The van der Waals surface area contributed by atoms with Crippen LogP contribution in [-0.2, 0) is 10.0 Å². The maximum atomic E-state index is 11.8. The van der Waals surface area contributed by atoms with Gasteiger partial charge in [-0.2, -0.15) is 0 Å². The van der Waals surface area contributed by atoms with Crippen LogP contribution in [0.25, 0.3) is 5.69 Å². The van der Waals surface area contributed by atoms with Crippen LogP contribution in [-0.4, -0.2) is 34.3 Å². The summed E-state index contributed by atoms with van der Waals surface area (Å²) in [6.45, 7) is 3.93. The number of rotatable bonds is 6. The van der Waals surface area contributed by atoms with Gasteiger partial charge in [0.05, 0.1) is 35.6 Å². The Morgan fingerprint density at radius 1 is 1.00 bits per heavy atom. The quantitative estimate of drug-likeness (QED) is 0.365. The molecule has 2 unspecified atom stereocenters. The molecule has 0 radical (unpaired) electrons. The monoisotopic (exact) mass is 518 g/mol. The third-order valence-corrected chi connectivity index (χ3v) is 7.10. The van der Waals surface area contributed by atoms with Gasteiger partial charge in [-0.1, -0.05) is 6.07 Å². The molecule has 2 N–H and O–H groups in total. The Kier molecular flexibility index (Phi) is 6.23. The molecular formula is C26H26N6O2S2. The lowest BCUT2D eigenvalue weighted by molar-refractivity contribution is 0.548. The van der Waals surface area contributed by atoms with E-state index in [1.165, 1.54) is 0 Å². The van der Waals surface area contributed by atoms with Gasteiger partial charge in [-0.05, 0) is 86.2 Å². The fourth-order valence-electron chi connectivity index (χ4n) is 4.67. The Bertz CT molecular complexity index is 1520. The molecule has 10 heteroatoms. The van der Waals surface area contributed by atoms with Crippen LogP contribution in [0, 0.1) is 13.8 Å². The summed E-state index contributed by atoms with van der Waals surface area (Å²) < 4.78 is 28.3. The normalized spacial score (nSPS) is 17.8. The van der Waals surface area contributed by atoms with Gasteiger partial charge in [-0.15, -0.1) is 0 Å². The molecular weight excluding hydrogens is 492 g/mol. The number of benzene rings is 1. The van der Waals surface area contributed by atoms with Gasteiger partial charge in [0.25, 0.3) is 0 Å². The van der Waals surface area contributed by atoms with Crippen LogP contribution in [0.3, 0.4) is 0 Å². The lowest BCUT2D eigenvalue weighted by Gasteiger charge is -2.29. The molecule has 1 aliphatic heterocycles. The van der Waals surface area contributed by atoms with E-state index in [1.807, 2.05) is 55.6 Å². The van der Waals surface area contributed by atoms with E-state index in [2.05, 4.69) is 48.5 Å². The standard InChI is InChI=1S/C26H26N6O2S2/c1-17-15-19(10-11-21(17)30-36(3,33)34)32-25(24(29-26(32)35)22-8-4-5-14-28-22)23-12-9-18(2)31(23)20-7-6-13-27-16-20/h4-16,24-25,30H,1-3H3,(H,29,35). The topological polar surface area (TPSA) is 92.2 Å². The van der Waals surface area contributed by atoms with E-state index < -0.39 is 10.0 Å². The van der Waals surface area contributed by atoms with Crippen LogP contribution in [0.4, 0.5) is 11.4 Å². The van der Waals surface area contributed by atoms with Crippen molar-refractivity contribution in [3.8, 4) is 5.69 Å². The molecule has 36 heavy (non-hydrogen) atoms. The summed E-state index contributed by atoms with van der Waals surface area (Å²) in [7, 11) is -3.39. The first-order chi connectivity index (χ1) is 17.2. The van der Waals surface area contributed by atoms with Crippen LogP contribution in [0.15, 0.2) is 79.3 Å². The van der Waals surface area contributed by atoms with E-state index in [1.54, 1.807) is 18.5 Å². The number of anilines is 2. The third-order valence-electron chi connectivity index (χ3n) is 6.19. The van der Waals surface area contributed by atoms with Crippen molar-refractivity contribution in [2.75, 3.05) is 15.9 Å². The fraction of sp³-hybridized carbons (Fsp3) is 0.192. The lowest BCUT2D eigenvalue weighted by Crippen LogP contribution is -2.30. The second kappa shape index (κ2) is 9.36. The van der Waals surface area contributed by atoms with E-state index in [9.17, 15) is 8.42 Å². The number of sulfonamides is 1. The third kappa shape index (κ3) is 4.57. The Labute approximate surface area is 216 Å². The van der Waals surface area contributed by atoms with E-state index in [4.69, 9.17) is 12.2 Å². The van der Waals surface area contributed by atoms with Crippen molar-refractivity contribution in [2.24, 2.45) is 0 Å². The van der Waals surface area contributed by atoms with Gasteiger partial charge in [0.1, 0.15) is 6.04 Å². The Balaban J connectivity index is 1.66. The van der Waals surface area contributed by atoms with Crippen molar-refractivity contribution in [2.45, 2.75) is 25.9 Å². The van der Waals surface area contributed by atoms with Crippen molar-refractivity contribution in [1.29, 1.82) is 0 Å². The van der Waals surface area contributed by atoms with Crippen LogP contribution in [0.2, 0.25) is 0 Å².